The molecule has 0 aliphatic rings. The predicted octanol–water partition coefficient (Wildman–Crippen LogP) is 3.11. The number of aryl methyl sites for hydroxylation is 1. The van der Waals surface area contributed by atoms with E-state index in [1.54, 1.807) is 0 Å². The zero-order valence-electron chi connectivity index (χ0n) is 9.88. The molecule has 0 aliphatic heterocycles. The Morgan fingerprint density at radius 2 is 2.13 bits per heavy atom. The van der Waals surface area contributed by atoms with E-state index >= 15 is 0 Å². The first-order chi connectivity index (χ1) is 6.88. The number of nitrogens with zero attached hydrogens (tertiary/aromatic N) is 2. The molecule has 0 radical (unpaired) electrons. The molecule has 3 nitrogen and oxygen atoms in total. The van der Waals surface area contributed by atoms with Crippen LogP contribution in [0.5, 0.6) is 0 Å². The van der Waals surface area contributed by atoms with Gasteiger partial charge >= 0.3 is 0 Å². The summed E-state index contributed by atoms with van der Waals surface area (Å²) >= 11 is 2.29. The van der Waals surface area contributed by atoms with Crippen LogP contribution in [0, 0.1) is 10.5 Å². The Morgan fingerprint density at radius 3 is 2.60 bits per heavy atom. The van der Waals surface area contributed by atoms with E-state index in [0.29, 0.717) is 6.73 Å². The second-order valence-electron chi connectivity index (χ2n) is 4.95. The molecule has 0 bridgehead atoms. The molecule has 1 rings (SSSR count). The molecule has 0 fully saturated rings. The maximum atomic E-state index is 5.60. The van der Waals surface area contributed by atoms with E-state index in [9.17, 15) is 0 Å². The highest BCUT2D eigenvalue weighted by Gasteiger charge is 2.12. The minimum absolute atomic E-state index is 0.578. The minimum Gasteiger partial charge on any atom is -0.360 e. The Bertz CT molecular complexity index is 300. The fourth-order valence-corrected chi connectivity index (χ4v) is 2.28. The molecule has 1 heterocycles. The zero-order valence-corrected chi connectivity index (χ0v) is 13.0. The lowest BCUT2D eigenvalue weighted by atomic mass is 10.5. The van der Waals surface area contributed by atoms with Gasteiger partial charge in [0.1, 0.15) is 6.73 Å². The summed E-state index contributed by atoms with van der Waals surface area (Å²) in [7, 11) is -0.957. The molecular weight excluding hydrogens is 319 g/mol. The third-order valence-electron chi connectivity index (χ3n) is 2.11. The number of aromatic nitrogens is 2. The fraction of sp³-hybridized carbons (Fsp3) is 0.700. The molecule has 0 amide bonds. The summed E-state index contributed by atoms with van der Waals surface area (Å²) in [6, 6.07) is 1.21. The van der Waals surface area contributed by atoms with E-state index in [2.05, 4.69) is 47.3 Å². The molecule has 0 N–H and O–H groups in total. The van der Waals surface area contributed by atoms with Gasteiger partial charge in [0, 0.05) is 20.9 Å². The van der Waals surface area contributed by atoms with E-state index in [-0.39, 0.29) is 0 Å². The molecule has 0 saturated heterocycles. The van der Waals surface area contributed by atoms with Gasteiger partial charge in [-0.15, -0.1) is 0 Å². The molecule has 0 aliphatic carbocycles. The summed E-state index contributed by atoms with van der Waals surface area (Å²) in [6.45, 7) is 10.5. The van der Waals surface area contributed by atoms with Crippen molar-refractivity contribution >= 4 is 30.7 Å². The van der Waals surface area contributed by atoms with Gasteiger partial charge < -0.3 is 4.74 Å². The molecular formula is C10H19IN2OSi. The Labute approximate surface area is 106 Å². The number of hydrogen-bond donors (Lipinski definition) is 0. The van der Waals surface area contributed by atoms with Gasteiger partial charge in [-0.05, 0) is 35.6 Å². The van der Waals surface area contributed by atoms with Crippen LogP contribution in [0.25, 0.3) is 0 Å². The van der Waals surface area contributed by atoms with Crippen molar-refractivity contribution in [3.63, 3.8) is 0 Å². The van der Waals surface area contributed by atoms with Gasteiger partial charge in [-0.25, -0.2) is 4.68 Å². The van der Waals surface area contributed by atoms with Crippen LogP contribution in [0.15, 0.2) is 6.20 Å². The van der Waals surface area contributed by atoms with Crippen LogP contribution in [0.2, 0.25) is 25.7 Å². The van der Waals surface area contributed by atoms with Crippen LogP contribution < -0.4 is 0 Å². The van der Waals surface area contributed by atoms with E-state index < -0.39 is 8.07 Å². The molecule has 0 spiro atoms. The van der Waals surface area contributed by atoms with Gasteiger partial charge in [0.25, 0.3) is 0 Å². The summed E-state index contributed by atoms with van der Waals surface area (Å²) in [5, 5.41) is 4.34. The second-order valence-corrected chi connectivity index (χ2v) is 11.7. The van der Waals surface area contributed by atoms with Crippen molar-refractivity contribution in [2.45, 2.75) is 39.3 Å². The van der Waals surface area contributed by atoms with E-state index in [4.69, 9.17) is 4.74 Å². The van der Waals surface area contributed by atoms with Crippen molar-refractivity contribution in [2.24, 2.45) is 0 Å². The lowest BCUT2D eigenvalue weighted by Crippen LogP contribution is -2.22. The molecule has 0 unspecified atom stereocenters. The van der Waals surface area contributed by atoms with Crippen molar-refractivity contribution in [1.29, 1.82) is 0 Å². The highest BCUT2D eigenvalue weighted by atomic mass is 127. The lowest BCUT2D eigenvalue weighted by molar-refractivity contribution is 0.0783. The Balaban J connectivity index is 2.26. The number of rotatable bonds is 5. The SMILES string of the molecule is Cc1nn(COCC[Si](C)(C)C)cc1I. The van der Waals surface area contributed by atoms with Gasteiger partial charge in [0.2, 0.25) is 0 Å². The van der Waals surface area contributed by atoms with Crippen LogP contribution in [0.3, 0.4) is 0 Å². The van der Waals surface area contributed by atoms with Crippen LogP contribution in [0.1, 0.15) is 5.69 Å². The average Bonchev–Trinajstić information content (AvgIpc) is 2.39. The third kappa shape index (κ3) is 5.12. The quantitative estimate of drug-likeness (QED) is 0.469. The summed E-state index contributed by atoms with van der Waals surface area (Å²) in [6.07, 6.45) is 2.02. The maximum Gasteiger partial charge on any atom is 0.139 e. The number of halogens is 1. The summed E-state index contributed by atoms with van der Waals surface area (Å²) in [5.41, 5.74) is 1.07. The normalized spacial score (nSPS) is 12.1. The molecule has 15 heavy (non-hydrogen) atoms. The van der Waals surface area contributed by atoms with Gasteiger partial charge in [-0.3, -0.25) is 0 Å². The topological polar surface area (TPSA) is 27.1 Å². The predicted molar refractivity (Wildman–Crippen MR) is 73.8 cm³/mol. The fourth-order valence-electron chi connectivity index (χ4n) is 1.10. The van der Waals surface area contributed by atoms with Crippen LogP contribution in [-0.2, 0) is 11.5 Å². The molecule has 0 saturated carbocycles. The lowest BCUT2D eigenvalue weighted by Gasteiger charge is -2.15. The Hall–Kier alpha value is 0.117. The maximum absolute atomic E-state index is 5.60. The molecule has 5 heteroatoms. The summed E-state index contributed by atoms with van der Waals surface area (Å²) in [5.74, 6) is 0. The van der Waals surface area contributed by atoms with Gasteiger partial charge in [-0.2, -0.15) is 5.10 Å². The Morgan fingerprint density at radius 1 is 1.47 bits per heavy atom. The first-order valence-corrected chi connectivity index (χ1v) is 9.94. The number of ether oxygens (including phenoxy) is 1. The smallest absolute Gasteiger partial charge is 0.139 e. The van der Waals surface area contributed by atoms with Crippen LogP contribution in [-0.4, -0.2) is 24.5 Å². The molecule has 0 atom stereocenters. The van der Waals surface area contributed by atoms with Gasteiger partial charge in [0.15, 0.2) is 0 Å². The van der Waals surface area contributed by atoms with E-state index in [1.165, 1.54) is 9.61 Å². The summed E-state index contributed by atoms with van der Waals surface area (Å²) in [4.78, 5) is 0. The number of hydrogen-bond acceptors (Lipinski definition) is 2. The Kier molecular flexibility index (Phi) is 4.79. The van der Waals surface area contributed by atoms with Crippen molar-refractivity contribution in [3.05, 3.63) is 15.5 Å². The molecule has 86 valence electrons. The van der Waals surface area contributed by atoms with Crippen molar-refractivity contribution in [3.8, 4) is 0 Å². The van der Waals surface area contributed by atoms with Crippen LogP contribution >= 0.6 is 22.6 Å². The monoisotopic (exact) mass is 338 g/mol. The van der Waals surface area contributed by atoms with Crippen LogP contribution in [0.4, 0.5) is 0 Å². The van der Waals surface area contributed by atoms with Gasteiger partial charge in [0.05, 0.1) is 9.26 Å². The van der Waals surface area contributed by atoms with Crippen molar-refractivity contribution in [1.82, 2.24) is 9.78 Å². The first-order valence-electron chi connectivity index (χ1n) is 5.16. The highest BCUT2D eigenvalue weighted by Crippen LogP contribution is 2.10. The van der Waals surface area contributed by atoms with E-state index in [0.717, 1.165) is 12.3 Å². The van der Waals surface area contributed by atoms with Crippen molar-refractivity contribution in [2.75, 3.05) is 6.61 Å². The molecule has 0 aromatic carbocycles. The average molecular weight is 338 g/mol. The standard InChI is InChI=1S/C10H19IN2OSi/c1-9-10(11)7-13(12-9)8-14-5-6-15(2,3)4/h7H,5-6,8H2,1-4H3. The summed E-state index contributed by atoms with van der Waals surface area (Å²) < 4.78 is 8.65. The third-order valence-corrected chi connectivity index (χ3v) is 4.87. The largest absolute Gasteiger partial charge is 0.360 e. The zero-order chi connectivity index (χ0) is 11.5. The van der Waals surface area contributed by atoms with E-state index in [1.807, 2.05) is 17.8 Å². The second kappa shape index (κ2) is 5.45. The molecule has 1 aromatic heterocycles. The first kappa shape index (κ1) is 13.2. The van der Waals surface area contributed by atoms with Crippen molar-refractivity contribution < 1.29 is 4.74 Å². The van der Waals surface area contributed by atoms with Gasteiger partial charge in [-0.1, -0.05) is 19.6 Å². The minimum atomic E-state index is -0.957. The molecule has 1 aromatic rings. The highest BCUT2D eigenvalue weighted by molar-refractivity contribution is 14.1.